The van der Waals surface area contributed by atoms with Crippen molar-refractivity contribution in [1.29, 1.82) is 0 Å². The highest BCUT2D eigenvalue weighted by Crippen LogP contribution is 2.16. The van der Waals surface area contributed by atoms with Crippen LogP contribution >= 0.6 is 0 Å². The van der Waals surface area contributed by atoms with Crippen molar-refractivity contribution in [3.05, 3.63) is 35.9 Å². The molecule has 0 saturated heterocycles. The van der Waals surface area contributed by atoms with Crippen molar-refractivity contribution in [2.45, 2.75) is 32.7 Å². The van der Waals surface area contributed by atoms with Crippen molar-refractivity contribution in [1.82, 2.24) is 25.3 Å². The minimum absolute atomic E-state index is 0.117. The van der Waals surface area contributed by atoms with Crippen molar-refractivity contribution in [3.8, 4) is 0 Å². The van der Waals surface area contributed by atoms with E-state index in [0.29, 0.717) is 17.3 Å². The second-order valence-electron chi connectivity index (χ2n) is 4.96. The summed E-state index contributed by atoms with van der Waals surface area (Å²) in [5.41, 5.74) is 3.04. The third-order valence-electron chi connectivity index (χ3n) is 2.97. The first-order chi connectivity index (χ1) is 10.0. The zero-order valence-electron chi connectivity index (χ0n) is 12.2. The number of aromatic nitrogens is 4. The SMILES string of the molecule is CC(C)c1ncc(NN)c(C(=O)NC(C)c2ncc[nH]2)n1. The number of anilines is 1. The van der Waals surface area contributed by atoms with E-state index in [2.05, 4.69) is 30.7 Å². The molecule has 1 atom stereocenters. The van der Waals surface area contributed by atoms with Crippen LogP contribution < -0.4 is 16.6 Å². The summed E-state index contributed by atoms with van der Waals surface area (Å²) in [6, 6.07) is -0.268. The Hall–Kier alpha value is -2.48. The number of aromatic amines is 1. The molecular formula is C13H19N7O. The molecule has 0 aliphatic carbocycles. The molecule has 0 radical (unpaired) electrons. The topological polar surface area (TPSA) is 122 Å². The summed E-state index contributed by atoms with van der Waals surface area (Å²) in [6.07, 6.45) is 4.84. The Morgan fingerprint density at radius 1 is 1.33 bits per heavy atom. The predicted octanol–water partition coefficient (Wildman–Crippen LogP) is 1.10. The van der Waals surface area contributed by atoms with Crippen LogP contribution in [0, 0.1) is 0 Å². The summed E-state index contributed by atoms with van der Waals surface area (Å²) >= 11 is 0. The van der Waals surface area contributed by atoms with Gasteiger partial charge in [0, 0.05) is 18.3 Å². The number of amides is 1. The average Bonchev–Trinajstić information content (AvgIpc) is 3.00. The van der Waals surface area contributed by atoms with Crippen molar-refractivity contribution in [3.63, 3.8) is 0 Å². The number of nitrogens with one attached hydrogen (secondary N) is 3. The van der Waals surface area contributed by atoms with E-state index in [1.165, 1.54) is 6.20 Å². The highest BCUT2D eigenvalue weighted by molar-refractivity contribution is 5.97. The molecule has 5 N–H and O–H groups in total. The molecule has 1 amide bonds. The van der Waals surface area contributed by atoms with Crippen molar-refractivity contribution < 1.29 is 4.79 Å². The Bertz CT molecular complexity index is 609. The van der Waals surface area contributed by atoms with Gasteiger partial charge in [0.15, 0.2) is 5.69 Å². The number of rotatable bonds is 5. The number of hydrazine groups is 1. The average molecular weight is 289 g/mol. The number of H-pyrrole nitrogens is 1. The van der Waals surface area contributed by atoms with Gasteiger partial charge in [-0.3, -0.25) is 10.6 Å². The minimum Gasteiger partial charge on any atom is -0.347 e. The van der Waals surface area contributed by atoms with Crippen LogP contribution in [0.5, 0.6) is 0 Å². The van der Waals surface area contributed by atoms with Crippen LogP contribution in [0.3, 0.4) is 0 Å². The van der Waals surface area contributed by atoms with Gasteiger partial charge in [-0.15, -0.1) is 0 Å². The van der Waals surface area contributed by atoms with Gasteiger partial charge in [-0.1, -0.05) is 13.8 Å². The van der Waals surface area contributed by atoms with E-state index >= 15 is 0 Å². The summed E-state index contributed by atoms with van der Waals surface area (Å²) in [5.74, 6) is 6.45. The third kappa shape index (κ3) is 3.34. The Morgan fingerprint density at radius 3 is 2.67 bits per heavy atom. The van der Waals surface area contributed by atoms with E-state index in [9.17, 15) is 4.79 Å². The maximum Gasteiger partial charge on any atom is 0.272 e. The van der Waals surface area contributed by atoms with Gasteiger partial charge in [-0.25, -0.2) is 15.0 Å². The normalized spacial score (nSPS) is 12.2. The summed E-state index contributed by atoms with van der Waals surface area (Å²) < 4.78 is 0. The molecule has 2 heterocycles. The number of hydrogen-bond donors (Lipinski definition) is 4. The molecule has 1 unspecified atom stereocenters. The van der Waals surface area contributed by atoms with Gasteiger partial charge >= 0.3 is 0 Å². The molecule has 2 aromatic heterocycles. The second kappa shape index (κ2) is 6.31. The fourth-order valence-corrected chi connectivity index (χ4v) is 1.80. The Kier molecular flexibility index (Phi) is 4.49. The van der Waals surface area contributed by atoms with E-state index in [1.54, 1.807) is 12.4 Å². The van der Waals surface area contributed by atoms with Crippen LogP contribution in [0.25, 0.3) is 0 Å². The predicted molar refractivity (Wildman–Crippen MR) is 78.4 cm³/mol. The first-order valence-corrected chi connectivity index (χ1v) is 6.66. The van der Waals surface area contributed by atoms with Crippen molar-refractivity contribution in [2.24, 2.45) is 5.84 Å². The summed E-state index contributed by atoms with van der Waals surface area (Å²) in [4.78, 5) is 27.9. The van der Waals surface area contributed by atoms with Crippen LogP contribution in [0.4, 0.5) is 5.69 Å². The number of nitrogens with two attached hydrogens (primary N) is 1. The zero-order chi connectivity index (χ0) is 15.4. The fraction of sp³-hybridized carbons (Fsp3) is 0.385. The van der Waals surface area contributed by atoms with Gasteiger partial charge in [0.2, 0.25) is 0 Å². The van der Waals surface area contributed by atoms with Crippen LogP contribution in [-0.2, 0) is 0 Å². The number of carbonyl (C=O) groups excluding carboxylic acids is 1. The second-order valence-corrected chi connectivity index (χ2v) is 4.96. The maximum atomic E-state index is 12.4. The summed E-state index contributed by atoms with van der Waals surface area (Å²) in [7, 11) is 0. The molecule has 21 heavy (non-hydrogen) atoms. The van der Waals surface area contributed by atoms with Crippen molar-refractivity contribution >= 4 is 11.6 Å². The van der Waals surface area contributed by atoms with Gasteiger partial charge in [0.05, 0.1) is 17.9 Å². The summed E-state index contributed by atoms with van der Waals surface area (Å²) in [6.45, 7) is 5.74. The number of imidazole rings is 1. The molecule has 0 aliphatic rings. The first-order valence-electron chi connectivity index (χ1n) is 6.66. The van der Waals surface area contributed by atoms with E-state index in [4.69, 9.17) is 5.84 Å². The van der Waals surface area contributed by atoms with Crippen LogP contribution in [0.2, 0.25) is 0 Å². The van der Waals surface area contributed by atoms with E-state index in [1.807, 2.05) is 20.8 Å². The molecule has 8 nitrogen and oxygen atoms in total. The molecule has 2 rings (SSSR count). The number of nitrogens with zero attached hydrogens (tertiary/aromatic N) is 3. The zero-order valence-corrected chi connectivity index (χ0v) is 12.2. The molecule has 0 spiro atoms. The molecule has 0 saturated carbocycles. The lowest BCUT2D eigenvalue weighted by atomic mass is 10.2. The van der Waals surface area contributed by atoms with Crippen LogP contribution in [0.1, 0.15) is 54.9 Å². The van der Waals surface area contributed by atoms with Crippen LogP contribution in [-0.4, -0.2) is 25.8 Å². The van der Waals surface area contributed by atoms with Gasteiger partial charge in [-0.05, 0) is 6.92 Å². The lowest BCUT2D eigenvalue weighted by Crippen LogP contribution is -2.30. The lowest BCUT2D eigenvalue weighted by molar-refractivity contribution is 0.0933. The van der Waals surface area contributed by atoms with Gasteiger partial charge in [0.25, 0.3) is 5.91 Å². The third-order valence-corrected chi connectivity index (χ3v) is 2.97. The van der Waals surface area contributed by atoms with Gasteiger partial charge in [0.1, 0.15) is 11.6 Å². The lowest BCUT2D eigenvalue weighted by Gasteiger charge is -2.14. The van der Waals surface area contributed by atoms with Gasteiger partial charge in [-0.2, -0.15) is 0 Å². The Labute approximate surface area is 122 Å². The first kappa shape index (κ1) is 14.9. The number of nitrogen functional groups attached to an aromatic ring is 1. The summed E-state index contributed by atoms with van der Waals surface area (Å²) in [5, 5.41) is 2.82. The molecule has 0 bridgehead atoms. The fourth-order valence-electron chi connectivity index (χ4n) is 1.80. The highest BCUT2D eigenvalue weighted by atomic mass is 16.2. The van der Waals surface area contributed by atoms with E-state index < -0.39 is 0 Å². The van der Waals surface area contributed by atoms with Crippen LogP contribution in [0.15, 0.2) is 18.6 Å². The minimum atomic E-state index is -0.337. The Balaban J connectivity index is 2.23. The van der Waals surface area contributed by atoms with E-state index in [-0.39, 0.29) is 23.6 Å². The molecule has 0 fully saturated rings. The number of carbonyl (C=O) groups is 1. The molecule has 0 aliphatic heterocycles. The highest BCUT2D eigenvalue weighted by Gasteiger charge is 2.19. The Morgan fingerprint density at radius 2 is 2.10 bits per heavy atom. The standard InChI is InChI=1S/C13H19N7O/c1-7(2)11-17-6-9(20-14)10(19-11)13(21)18-8(3)12-15-4-5-16-12/h4-8,20H,14H2,1-3H3,(H,15,16)(H,18,21). The van der Waals surface area contributed by atoms with E-state index in [0.717, 1.165) is 0 Å². The molecule has 8 heteroatoms. The van der Waals surface area contributed by atoms with Gasteiger partial charge < -0.3 is 15.7 Å². The number of hydrogen-bond acceptors (Lipinski definition) is 6. The monoisotopic (exact) mass is 289 g/mol. The maximum absolute atomic E-state index is 12.4. The smallest absolute Gasteiger partial charge is 0.272 e. The quantitative estimate of drug-likeness (QED) is 0.483. The molecule has 0 aromatic carbocycles. The largest absolute Gasteiger partial charge is 0.347 e. The molecule has 112 valence electrons. The van der Waals surface area contributed by atoms with Crippen molar-refractivity contribution in [2.75, 3.05) is 5.43 Å². The molecule has 2 aromatic rings. The molecular weight excluding hydrogens is 270 g/mol.